The number of carbonyl (C=O) groups is 1. The Kier molecular flexibility index (Phi) is 4.78. The molecular weight excluding hydrogens is 346 g/mol. The van der Waals surface area contributed by atoms with Gasteiger partial charge in [-0.3, -0.25) is 4.79 Å². The summed E-state index contributed by atoms with van der Waals surface area (Å²) in [5.74, 6) is -0.664. The van der Waals surface area contributed by atoms with E-state index in [9.17, 15) is 13.2 Å². The fraction of sp³-hybridized carbons (Fsp3) is 0.312. The molecule has 1 amide bonds. The second-order valence-electron chi connectivity index (χ2n) is 5.86. The Morgan fingerprint density at radius 3 is 2.54 bits per heavy atom. The molecule has 6 nitrogen and oxygen atoms in total. The largest absolute Gasteiger partial charge is 0.275 e. The van der Waals surface area contributed by atoms with Crippen LogP contribution in [-0.4, -0.2) is 19.3 Å². The number of nitriles is 1. The SMILES string of the molecule is Cc1nc(C)c(S(=O)(=O)NC(=O)C(C)(C)c2cccc(C#N)c2)s1. The normalized spacial score (nSPS) is 11.8. The third-order valence-corrected chi connectivity index (χ3v) is 6.63. The first-order valence-corrected chi connectivity index (χ1v) is 9.40. The van der Waals surface area contributed by atoms with E-state index < -0.39 is 21.3 Å². The molecule has 0 spiro atoms. The Morgan fingerprint density at radius 2 is 2.00 bits per heavy atom. The number of nitrogens with zero attached hydrogens (tertiary/aromatic N) is 2. The molecular formula is C16H17N3O3S2. The lowest BCUT2D eigenvalue weighted by Gasteiger charge is -2.24. The first kappa shape index (κ1) is 18.1. The molecule has 1 aromatic carbocycles. The van der Waals surface area contributed by atoms with Crippen LogP contribution in [-0.2, 0) is 20.2 Å². The van der Waals surface area contributed by atoms with E-state index in [1.54, 1.807) is 52.0 Å². The van der Waals surface area contributed by atoms with Crippen LogP contribution >= 0.6 is 11.3 Å². The molecule has 1 heterocycles. The molecule has 8 heteroatoms. The van der Waals surface area contributed by atoms with E-state index in [0.29, 0.717) is 21.8 Å². The van der Waals surface area contributed by atoms with E-state index in [0.717, 1.165) is 11.3 Å². The highest BCUT2D eigenvalue weighted by Crippen LogP contribution is 2.27. The predicted molar refractivity (Wildman–Crippen MR) is 91.1 cm³/mol. The fourth-order valence-corrected chi connectivity index (χ4v) is 4.76. The lowest BCUT2D eigenvalue weighted by molar-refractivity contribution is -0.123. The number of sulfonamides is 1. The van der Waals surface area contributed by atoms with E-state index in [-0.39, 0.29) is 4.21 Å². The highest BCUT2D eigenvalue weighted by molar-refractivity contribution is 7.92. The number of hydrogen-bond acceptors (Lipinski definition) is 6. The second kappa shape index (κ2) is 6.34. The molecule has 0 saturated carbocycles. The van der Waals surface area contributed by atoms with Crippen LogP contribution < -0.4 is 4.72 Å². The third-order valence-electron chi connectivity index (χ3n) is 3.61. The maximum absolute atomic E-state index is 12.6. The van der Waals surface area contributed by atoms with Gasteiger partial charge >= 0.3 is 0 Å². The fourth-order valence-electron chi connectivity index (χ4n) is 2.17. The topological polar surface area (TPSA) is 99.9 Å². The molecule has 0 aliphatic rings. The number of thiazole rings is 1. The summed E-state index contributed by atoms with van der Waals surface area (Å²) < 4.78 is 27.1. The lowest BCUT2D eigenvalue weighted by atomic mass is 9.83. The average Bonchev–Trinajstić information content (AvgIpc) is 2.86. The summed E-state index contributed by atoms with van der Waals surface area (Å²) in [6.45, 7) is 6.51. The van der Waals surface area contributed by atoms with Crippen LogP contribution in [0.4, 0.5) is 0 Å². The summed E-state index contributed by atoms with van der Waals surface area (Å²) in [6.07, 6.45) is 0. The average molecular weight is 363 g/mol. The van der Waals surface area contributed by atoms with Crippen molar-refractivity contribution in [2.24, 2.45) is 0 Å². The van der Waals surface area contributed by atoms with Crippen LogP contribution in [0, 0.1) is 25.2 Å². The van der Waals surface area contributed by atoms with Crippen molar-refractivity contribution in [3.63, 3.8) is 0 Å². The number of nitrogens with one attached hydrogen (secondary N) is 1. The van der Waals surface area contributed by atoms with Crippen LogP contribution in [0.15, 0.2) is 28.5 Å². The minimum Gasteiger partial charge on any atom is -0.273 e. The van der Waals surface area contributed by atoms with E-state index in [2.05, 4.69) is 9.71 Å². The van der Waals surface area contributed by atoms with Gasteiger partial charge in [-0.25, -0.2) is 18.1 Å². The zero-order valence-electron chi connectivity index (χ0n) is 13.7. The predicted octanol–water partition coefficient (Wildman–Crippen LogP) is 2.41. The number of benzene rings is 1. The van der Waals surface area contributed by atoms with Gasteiger partial charge in [-0.2, -0.15) is 5.26 Å². The molecule has 0 fully saturated rings. The van der Waals surface area contributed by atoms with Crippen molar-refractivity contribution in [3.8, 4) is 6.07 Å². The Labute approximate surface area is 145 Å². The molecule has 24 heavy (non-hydrogen) atoms. The summed E-state index contributed by atoms with van der Waals surface area (Å²) >= 11 is 1.02. The van der Waals surface area contributed by atoms with Crippen LogP contribution in [0.3, 0.4) is 0 Å². The summed E-state index contributed by atoms with van der Waals surface area (Å²) in [6, 6.07) is 8.56. The van der Waals surface area contributed by atoms with Gasteiger partial charge < -0.3 is 0 Å². The minimum atomic E-state index is -3.98. The highest BCUT2D eigenvalue weighted by atomic mass is 32.2. The number of aryl methyl sites for hydroxylation is 2. The summed E-state index contributed by atoms with van der Waals surface area (Å²) in [5, 5.41) is 9.59. The number of carbonyl (C=O) groups excluding carboxylic acids is 1. The Balaban J connectivity index is 2.34. The van der Waals surface area contributed by atoms with Crippen LogP contribution in [0.5, 0.6) is 0 Å². The second-order valence-corrected chi connectivity index (χ2v) is 8.94. The van der Waals surface area contributed by atoms with Gasteiger partial charge in [0.25, 0.3) is 10.0 Å². The monoisotopic (exact) mass is 363 g/mol. The quantitative estimate of drug-likeness (QED) is 0.899. The first-order chi connectivity index (χ1) is 11.1. The van der Waals surface area contributed by atoms with Gasteiger partial charge in [-0.05, 0) is 45.4 Å². The molecule has 0 radical (unpaired) electrons. The summed E-state index contributed by atoms with van der Waals surface area (Å²) in [7, 11) is -3.98. The van der Waals surface area contributed by atoms with Crippen LogP contribution in [0.1, 0.15) is 35.7 Å². The number of amides is 1. The number of hydrogen-bond donors (Lipinski definition) is 1. The first-order valence-electron chi connectivity index (χ1n) is 7.10. The molecule has 0 bridgehead atoms. The highest BCUT2D eigenvalue weighted by Gasteiger charge is 2.34. The third kappa shape index (κ3) is 3.47. The van der Waals surface area contributed by atoms with E-state index in [1.165, 1.54) is 0 Å². The van der Waals surface area contributed by atoms with Crippen molar-refractivity contribution in [1.29, 1.82) is 5.26 Å². The zero-order valence-corrected chi connectivity index (χ0v) is 15.4. The Bertz CT molecular complexity index is 938. The molecule has 1 aromatic heterocycles. The summed E-state index contributed by atoms with van der Waals surface area (Å²) in [5.41, 5.74) is 0.215. The van der Waals surface area contributed by atoms with Gasteiger partial charge in [-0.15, -0.1) is 11.3 Å². The van der Waals surface area contributed by atoms with Gasteiger partial charge in [0.15, 0.2) is 4.21 Å². The van der Waals surface area contributed by atoms with Crippen molar-refractivity contribution in [2.45, 2.75) is 37.3 Å². The van der Waals surface area contributed by atoms with Crippen molar-refractivity contribution >= 4 is 27.3 Å². The van der Waals surface area contributed by atoms with E-state index in [1.807, 2.05) is 6.07 Å². The molecule has 0 unspecified atom stereocenters. The minimum absolute atomic E-state index is 0.0370. The van der Waals surface area contributed by atoms with Crippen molar-refractivity contribution in [2.75, 3.05) is 0 Å². The smallest absolute Gasteiger partial charge is 0.273 e. The number of aromatic nitrogens is 1. The molecule has 0 atom stereocenters. The van der Waals surface area contributed by atoms with Gasteiger partial charge in [0, 0.05) is 0 Å². The zero-order chi connectivity index (χ0) is 18.1. The molecule has 2 rings (SSSR count). The van der Waals surface area contributed by atoms with Gasteiger partial charge in [0.2, 0.25) is 5.91 Å². The maximum atomic E-state index is 12.6. The van der Waals surface area contributed by atoms with E-state index in [4.69, 9.17) is 5.26 Å². The standard InChI is InChI=1S/C16H17N3O3S2/c1-10-14(23-11(2)18-10)24(21,22)19-15(20)16(3,4)13-7-5-6-12(8-13)9-17/h5-8H,1-4H3,(H,19,20). The number of rotatable bonds is 4. The maximum Gasteiger partial charge on any atom is 0.275 e. The van der Waals surface area contributed by atoms with E-state index >= 15 is 0 Å². The van der Waals surface area contributed by atoms with Gasteiger partial charge in [-0.1, -0.05) is 12.1 Å². The van der Waals surface area contributed by atoms with Gasteiger partial charge in [0.1, 0.15) is 0 Å². The van der Waals surface area contributed by atoms with Crippen molar-refractivity contribution < 1.29 is 13.2 Å². The van der Waals surface area contributed by atoms with Crippen LogP contribution in [0.25, 0.3) is 0 Å². The molecule has 1 N–H and O–H groups in total. The van der Waals surface area contributed by atoms with Crippen LogP contribution in [0.2, 0.25) is 0 Å². The summed E-state index contributed by atoms with van der Waals surface area (Å²) in [4.78, 5) is 16.7. The van der Waals surface area contributed by atoms with Gasteiger partial charge in [0.05, 0.1) is 27.7 Å². The molecule has 0 saturated heterocycles. The Hall–Kier alpha value is -2.24. The van der Waals surface area contributed by atoms with Crippen molar-refractivity contribution in [3.05, 3.63) is 46.1 Å². The molecule has 126 valence electrons. The van der Waals surface area contributed by atoms with Crippen molar-refractivity contribution in [1.82, 2.24) is 9.71 Å². The molecule has 2 aromatic rings. The molecule has 0 aliphatic carbocycles. The molecule has 0 aliphatic heterocycles. The Morgan fingerprint density at radius 1 is 1.33 bits per heavy atom. The lowest BCUT2D eigenvalue weighted by Crippen LogP contribution is -2.43.